The zero-order valence-electron chi connectivity index (χ0n) is 9.64. The van der Waals surface area contributed by atoms with Crippen molar-refractivity contribution < 1.29 is 14.3 Å². The zero-order valence-corrected chi connectivity index (χ0v) is 9.64. The maximum atomic E-state index is 12.9. The van der Waals surface area contributed by atoms with E-state index in [0.29, 0.717) is 18.0 Å². The lowest BCUT2D eigenvalue weighted by Gasteiger charge is -2.34. The highest BCUT2D eigenvalue weighted by Gasteiger charge is 2.29. The molecular weight excluding hydrogens is 223 g/mol. The van der Waals surface area contributed by atoms with E-state index in [2.05, 4.69) is 4.98 Å². The minimum atomic E-state index is -0.650. The van der Waals surface area contributed by atoms with Crippen LogP contribution in [0.15, 0.2) is 18.3 Å². The number of amides is 1. The van der Waals surface area contributed by atoms with Crippen LogP contribution in [0.4, 0.5) is 4.39 Å². The highest BCUT2D eigenvalue weighted by molar-refractivity contribution is 5.93. The summed E-state index contributed by atoms with van der Waals surface area (Å²) in [6.07, 6.45) is 2.54. The van der Waals surface area contributed by atoms with Gasteiger partial charge in [0.2, 0.25) is 5.95 Å². The molecule has 1 aliphatic carbocycles. The molecule has 0 aromatic carbocycles. The Labute approximate surface area is 99.1 Å². The summed E-state index contributed by atoms with van der Waals surface area (Å²) in [5.41, 5.74) is 0.305. The van der Waals surface area contributed by atoms with E-state index >= 15 is 0 Å². The molecule has 0 radical (unpaired) electrons. The van der Waals surface area contributed by atoms with Crippen molar-refractivity contribution in [2.75, 3.05) is 13.6 Å². The van der Waals surface area contributed by atoms with Crippen molar-refractivity contribution in [3.8, 4) is 0 Å². The molecule has 0 spiro atoms. The predicted octanol–water partition coefficient (Wildman–Crippen LogP) is 1.06. The first-order valence-electron chi connectivity index (χ1n) is 5.61. The lowest BCUT2D eigenvalue weighted by molar-refractivity contribution is 0.0265. The van der Waals surface area contributed by atoms with E-state index in [1.807, 2.05) is 0 Å². The molecule has 92 valence electrons. The molecule has 0 aliphatic heterocycles. The van der Waals surface area contributed by atoms with E-state index in [1.54, 1.807) is 11.9 Å². The number of aromatic nitrogens is 1. The van der Waals surface area contributed by atoms with Gasteiger partial charge in [-0.2, -0.15) is 4.39 Å². The maximum absolute atomic E-state index is 12.9. The van der Waals surface area contributed by atoms with Gasteiger partial charge < -0.3 is 10.0 Å². The fourth-order valence-corrected chi connectivity index (χ4v) is 2.08. The van der Waals surface area contributed by atoms with Crippen LogP contribution in [-0.2, 0) is 0 Å². The third-order valence-electron chi connectivity index (χ3n) is 3.06. The summed E-state index contributed by atoms with van der Waals surface area (Å²) in [6.45, 7) is 0.597. The minimum Gasteiger partial charge on any atom is -0.393 e. The van der Waals surface area contributed by atoms with E-state index in [4.69, 9.17) is 5.11 Å². The summed E-state index contributed by atoms with van der Waals surface area (Å²) in [4.78, 5) is 16.9. The predicted molar refractivity (Wildman–Crippen MR) is 59.9 cm³/mol. The second-order valence-electron chi connectivity index (χ2n) is 4.54. The Kier molecular flexibility index (Phi) is 3.38. The standard InChI is InChI=1S/C12H15FN2O2/c1-15(7-8-4-10(16)5-8)12(17)9-2-3-14-11(13)6-9/h2-3,6,8,10,16H,4-5,7H2,1H3. The van der Waals surface area contributed by atoms with Crippen LogP contribution < -0.4 is 0 Å². The van der Waals surface area contributed by atoms with Crippen LogP contribution in [0.2, 0.25) is 0 Å². The molecule has 4 nitrogen and oxygen atoms in total. The second-order valence-corrected chi connectivity index (χ2v) is 4.54. The molecule has 1 heterocycles. The smallest absolute Gasteiger partial charge is 0.253 e. The largest absolute Gasteiger partial charge is 0.393 e. The SMILES string of the molecule is CN(CC1CC(O)C1)C(=O)c1ccnc(F)c1. The van der Waals surface area contributed by atoms with Gasteiger partial charge in [0.05, 0.1) is 6.10 Å². The number of aliphatic hydroxyl groups is 1. The lowest BCUT2D eigenvalue weighted by atomic mass is 9.82. The summed E-state index contributed by atoms with van der Waals surface area (Å²) in [6, 6.07) is 2.63. The Hall–Kier alpha value is -1.49. The highest BCUT2D eigenvalue weighted by Crippen LogP contribution is 2.27. The van der Waals surface area contributed by atoms with Gasteiger partial charge in [0.25, 0.3) is 5.91 Å². The maximum Gasteiger partial charge on any atom is 0.253 e. The molecule has 17 heavy (non-hydrogen) atoms. The normalized spacial score (nSPS) is 23.0. The number of aliphatic hydroxyl groups excluding tert-OH is 1. The number of carbonyl (C=O) groups is 1. The van der Waals surface area contributed by atoms with Crippen LogP contribution >= 0.6 is 0 Å². The average Bonchev–Trinajstić information content (AvgIpc) is 2.26. The Morgan fingerprint density at radius 2 is 2.35 bits per heavy atom. The number of halogens is 1. The summed E-state index contributed by atoms with van der Waals surface area (Å²) in [5, 5.41) is 9.16. The lowest BCUT2D eigenvalue weighted by Crippen LogP contribution is -2.39. The second kappa shape index (κ2) is 4.79. The summed E-state index contributed by atoms with van der Waals surface area (Å²) in [5.74, 6) is -0.512. The molecule has 0 saturated heterocycles. The topological polar surface area (TPSA) is 53.4 Å². The molecule has 1 fully saturated rings. The van der Waals surface area contributed by atoms with Crippen LogP contribution in [-0.4, -0.2) is 40.6 Å². The van der Waals surface area contributed by atoms with E-state index in [-0.39, 0.29) is 12.0 Å². The number of nitrogens with zero attached hydrogens (tertiary/aromatic N) is 2. The van der Waals surface area contributed by atoms with E-state index in [9.17, 15) is 9.18 Å². The molecule has 1 amide bonds. The molecule has 0 unspecified atom stereocenters. The third-order valence-corrected chi connectivity index (χ3v) is 3.06. The zero-order chi connectivity index (χ0) is 12.4. The monoisotopic (exact) mass is 238 g/mol. The van der Waals surface area contributed by atoms with Crippen molar-refractivity contribution in [2.45, 2.75) is 18.9 Å². The van der Waals surface area contributed by atoms with Gasteiger partial charge in [0, 0.05) is 31.4 Å². The first-order valence-corrected chi connectivity index (χ1v) is 5.61. The molecule has 1 aromatic heterocycles. The Bertz CT molecular complexity index is 419. The average molecular weight is 238 g/mol. The Balaban J connectivity index is 1.95. The van der Waals surface area contributed by atoms with Crippen LogP contribution in [0.3, 0.4) is 0 Å². The first-order chi connectivity index (χ1) is 8.06. The molecule has 0 atom stereocenters. The summed E-state index contributed by atoms with van der Waals surface area (Å²) < 4.78 is 12.9. The van der Waals surface area contributed by atoms with Gasteiger partial charge in [-0.1, -0.05) is 0 Å². The first kappa shape index (κ1) is 12.0. The summed E-state index contributed by atoms with van der Waals surface area (Å²) >= 11 is 0. The van der Waals surface area contributed by atoms with Crippen molar-refractivity contribution in [3.63, 3.8) is 0 Å². The van der Waals surface area contributed by atoms with Crippen LogP contribution in [0.25, 0.3) is 0 Å². The number of hydrogen-bond donors (Lipinski definition) is 1. The number of rotatable bonds is 3. The fourth-order valence-electron chi connectivity index (χ4n) is 2.08. The van der Waals surface area contributed by atoms with Gasteiger partial charge in [-0.25, -0.2) is 4.98 Å². The number of carbonyl (C=O) groups excluding carboxylic acids is 1. The quantitative estimate of drug-likeness (QED) is 0.801. The van der Waals surface area contributed by atoms with Crippen LogP contribution in [0.5, 0.6) is 0 Å². The molecular formula is C12H15FN2O2. The van der Waals surface area contributed by atoms with Crippen molar-refractivity contribution in [2.24, 2.45) is 5.92 Å². The van der Waals surface area contributed by atoms with Crippen molar-refractivity contribution in [1.82, 2.24) is 9.88 Å². The van der Waals surface area contributed by atoms with Gasteiger partial charge in [-0.05, 0) is 24.8 Å². The molecule has 2 rings (SSSR count). The molecule has 1 aliphatic rings. The molecule has 0 bridgehead atoms. The molecule has 1 aromatic rings. The van der Waals surface area contributed by atoms with Gasteiger partial charge in [-0.15, -0.1) is 0 Å². The van der Waals surface area contributed by atoms with E-state index < -0.39 is 5.95 Å². The number of hydrogen-bond acceptors (Lipinski definition) is 3. The van der Waals surface area contributed by atoms with E-state index in [0.717, 1.165) is 18.9 Å². The van der Waals surface area contributed by atoms with E-state index in [1.165, 1.54) is 12.3 Å². The Morgan fingerprint density at radius 3 is 2.94 bits per heavy atom. The van der Waals surface area contributed by atoms with Crippen molar-refractivity contribution in [1.29, 1.82) is 0 Å². The number of pyridine rings is 1. The van der Waals surface area contributed by atoms with Gasteiger partial charge in [-0.3, -0.25) is 4.79 Å². The van der Waals surface area contributed by atoms with Crippen LogP contribution in [0.1, 0.15) is 23.2 Å². The van der Waals surface area contributed by atoms with Crippen molar-refractivity contribution in [3.05, 3.63) is 29.8 Å². The van der Waals surface area contributed by atoms with Gasteiger partial charge >= 0.3 is 0 Å². The fraction of sp³-hybridized carbons (Fsp3) is 0.500. The third kappa shape index (κ3) is 2.79. The highest BCUT2D eigenvalue weighted by atomic mass is 19.1. The summed E-state index contributed by atoms with van der Waals surface area (Å²) in [7, 11) is 1.69. The molecule has 1 saturated carbocycles. The molecule has 1 N–H and O–H groups in total. The van der Waals surface area contributed by atoms with Crippen LogP contribution in [0, 0.1) is 11.9 Å². The Morgan fingerprint density at radius 1 is 1.65 bits per heavy atom. The minimum absolute atomic E-state index is 0.215. The van der Waals surface area contributed by atoms with Gasteiger partial charge in [0.15, 0.2) is 0 Å². The van der Waals surface area contributed by atoms with Crippen molar-refractivity contribution >= 4 is 5.91 Å². The molecule has 5 heteroatoms. The van der Waals surface area contributed by atoms with Gasteiger partial charge in [0.1, 0.15) is 0 Å².